The number of amides is 4. The second-order valence-corrected chi connectivity index (χ2v) is 8.70. The van der Waals surface area contributed by atoms with Gasteiger partial charge in [0, 0.05) is 6.54 Å². The fourth-order valence-electron chi connectivity index (χ4n) is 3.05. The first kappa shape index (κ1) is 32.5. The molecule has 4 amide bonds. The summed E-state index contributed by atoms with van der Waals surface area (Å²) in [5.74, 6) is -4.81. The highest BCUT2D eigenvalue weighted by Crippen LogP contribution is 2.06. The number of hydrogen-bond donors (Lipinski definition) is 9. The first-order chi connectivity index (χ1) is 16.8. The number of primary amides is 1. The molecule has 206 valence electrons. The summed E-state index contributed by atoms with van der Waals surface area (Å²) in [4.78, 5) is 65.1. The molecule has 0 aliphatic carbocycles. The second-order valence-electron chi connectivity index (χ2n) is 8.70. The number of nitrogens with two attached hydrogens (primary N) is 5. The molecule has 0 aromatic carbocycles. The Morgan fingerprint density at radius 3 is 1.83 bits per heavy atom. The van der Waals surface area contributed by atoms with E-state index in [-0.39, 0.29) is 37.7 Å². The quantitative estimate of drug-likeness (QED) is 0.0494. The third-order valence-corrected chi connectivity index (χ3v) is 5.20. The van der Waals surface area contributed by atoms with E-state index < -0.39 is 60.2 Å². The van der Waals surface area contributed by atoms with Gasteiger partial charge in [0.2, 0.25) is 23.6 Å². The second kappa shape index (κ2) is 17.0. The van der Waals surface area contributed by atoms with Gasteiger partial charge in [-0.1, -0.05) is 13.8 Å². The number of nitrogens with one attached hydrogen (secondary N) is 3. The zero-order chi connectivity index (χ0) is 27.8. The maximum absolute atomic E-state index is 13.0. The largest absolute Gasteiger partial charge is 0.480 e. The zero-order valence-electron chi connectivity index (χ0n) is 20.9. The number of carbonyl (C=O) groups is 5. The van der Waals surface area contributed by atoms with Crippen molar-refractivity contribution >= 4 is 35.6 Å². The zero-order valence-corrected chi connectivity index (χ0v) is 20.9. The van der Waals surface area contributed by atoms with Crippen molar-refractivity contribution in [3.8, 4) is 0 Å². The third kappa shape index (κ3) is 13.4. The molecule has 0 saturated heterocycles. The molecular formula is C21H41N9O6. The molecule has 36 heavy (non-hydrogen) atoms. The Hall–Kier alpha value is -3.46. The van der Waals surface area contributed by atoms with Gasteiger partial charge in [-0.2, -0.15) is 0 Å². The molecule has 15 nitrogen and oxygen atoms in total. The fraction of sp³-hybridized carbons (Fsp3) is 0.714. The summed E-state index contributed by atoms with van der Waals surface area (Å²) >= 11 is 0. The summed E-state index contributed by atoms with van der Waals surface area (Å²) in [5.41, 5.74) is 27.0. The van der Waals surface area contributed by atoms with E-state index in [1.807, 2.05) is 0 Å². The molecule has 0 bridgehead atoms. The van der Waals surface area contributed by atoms with Crippen LogP contribution in [0.5, 0.6) is 0 Å². The van der Waals surface area contributed by atoms with Crippen molar-refractivity contribution in [2.45, 2.75) is 76.5 Å². The summed E-state index contributed by atoms with van der Waals surface area (Å²) in [7, 11) is 0. The molecule has 0 fully saturated rings. The van der Waals surface area contributed by atoms with Crippen LogP contribution in [0.2, 0.25) is 0 Å². The number of carboxylic acid groups (broad SMARTS) is 1. The SMILES string of the molecule is CC(C)C(N)C(=O)NC(CCCCN)C(=O)NC(CC(N)=O)C(=O)NC(CCCN=C(N)N)C(=O)O. The van der Waals surface area contributed by atoms with Crippen LogP contribution in [0.1, 0.15) is 52.4 Å². The minimum Gasteiger partial charge on any atom is -0.480 e. The molecular weight excluding hydrogens is 474 g/mol. The minimum absolute atomic E-state index is 0.0139. The topological polar surface area (TPSA) is 284 Å². The standard InChI is InChI=1S/C21H41N9O6/c1-11(2)16(24)19(34)28-12(6-3-4-8-22)17(32)30-14(10-15(23)31)18(33)29-13(20(35)36)7-5-9-27-21(25)26/h11-14,16H,3-10,22,24H2,1-2H3,(H2,23,31)(H,28,34)(H,29,33)(H,30,32)(H,35,36)(H4,25,26,27). The van der Waals surface area contributed by atoms with Crippen molar-refractivity contribution < 1.29 is 29.1 Å². The maximum atomic E-state index is 13.0. The summed E-state index contributed by atoms with van der Waals surface area (Å²) in [6.07, 6.45) is 0.920. The Kier molecular flexibility index (Phi) is 15.4. The van der Waals surface area contributed by atoms with Gasteiger partial charge in [0.25, 0.3) is 0 Å². The number of hydrogen-bond acceptors (Lipinski definition) is 8. The molecule has 0 rings (SSSR count). The summed E-state index contributed by atoms with van der Waals surface area (Å²) < 4.78 is 0. The predicted molar refractivity (Wildman–Crippen MR) is 133 cm³/mol. The van der Waals surface area contributed by atoms with Crippen molar-refractivity contribution in [1.29, 1.82) is 0 Å². The molecule has 0 radical (unpaired) electrons. The Morgan fingerprint density at radius 2 is 1.33 bits per heavy atom. The third-order valence-electron chi connectivity index (χ3n) is 5.20. The Balaban J connectivity index is 5.49. The fourth-order valence-corrected chi connectivity index (χ4v) is 3.05. The normalized spacial score (nSPS) is 14.1. The Morgan fingerprint density at radius 1 is 0.806 bits per heavy atom. The molecule has 0 saturated carbocycles. The molecule has 0 aliphatic heterocycles. The average molecular weight is 516 g/mol. The van der Waals surface area contributed by atoms with E-state index in [1.54, 1.807) is 13.8 Å². The highest BCUT2D eigenvalue weighted by Gasteiger charge is 2.31. The summed E-state index contributed by atoms with van der Waals surface area (Å²) in [6.45, 7) is 4.01. The van der Waals surface area contributed by atoms with E-state index in [2.05, 4.69) is 20.9 Å². The number of carboxylic acids is 1. The Labute approximate surface area is 210 Å². The van der Waals surface area contributed by atoms with E-state index >= 15 is 0 Å². The monoisotopic (exact) mass is 515 g/mol. The molecule has 0 aromatic heterocycles. The number of rotatable bonds is 18. The van der Waals surface area contributed by atoms with Gasteiger partial charge in [-0.15, -0.1) is 0 Å². The van der Waals surface area contributed by atoms with Crippen LogP contribution in [-0.4, -0.2) is 77.9 Å². The highest BCUT2D eigenvalue weighted by atomic mass is 16.4. The molecule has 0 aromatic rings. The summed E-state index contributed by atoms with van der Waals surface area (Å²) in [5, 5.41) is 16.7. The number of aliphatic carboxylic acids is 1. The van der Waals surface area contributed by atoms with Crippen LogP contribution in [0.3, 0.4) is 0 Å². The van der Waals surface area contributed by atoms with Gasteiger partial charge in [0.05, 0.1) is 12.5 Å². The molecule has 0 heterocycles. The van der Waals surface area contributed by atoms with Crippen molar-refractivity contribution in [1.82, 2.24) is 16.0 Å². The van der Waals surface area contributed by atoms with Crippen LogP contribution in [0.15, 0.2) is 4.99 Å². The molecule has 15 heteroatoms. The van der Waals surface area contributed by atoms with Crippen molar-refractivity contribution in [2.24, 2.45) is 39.6 Å². The van der Waals surface area contributed by atoms with Crippen molar-refractivity contribution in [2.75, 3.05) is 13.1 Å². The van der Waals surface area contributed by atoms with Gasteiger partial charge in [0.15, 0.2) is 5.96 Å². The van der Waals surface area contributed by atoms with Crippen LogP contribution in [0, 0.1) is 5.92 Å². The van der Waals surface area contributed by atoms with Crippen LogP contribution in [-0.2, 0) is 24.0 Å². The minimum atomic E-state index is -1.47. The molecule has 4 unspecified atom stereocenters. The van der Waals surface area contributed by atoms with Gasteiger partial charge < -0.3 is 49.7 Å². The van der Waals surface area contributed by atoms with E-state index in [4.69, 9.17) is 28.7 Å². The lowest BCUT2D eigenvalue weighted by atomic mass is 10.0. The number of aliphatic imine (C=N–C) groups is 1. The van der Waals surface area contributed by atoms with Gasteiger partial charge in [0.1, 0.15) is 18.1 Å². The lowest BCUT2D eigenvalue weighted by Gasteiger charge is -2.25. The van der Waals surface area contributed by atoms with Crippen molar-refractivity contribution in [3.63, 3.8) is 0 Å². The number of unbranched alkanes of at least 4 members (excludes halogenated alkanes) is 1. The Bertz CT molecular complexity index is 786. The van der Waals surface area contributed by atoms with Crippen molar-refractivity contribution in [3.05, 3.63) is 0 Å². The molecule has 0 spiro atoms. The van der Waals surface area contributed by atoms with E-state index in [9.17, 15) is 29.1 Å². The smallest absolute Gasteiger partial charge is 0.326 e. The van der Waals surface area contributed by atoms with Gasteiger partial charge in [-0.05, 0) is 44.6 Å². The van der Waals surface area contributed by atoms with Gasteiger partial charge in [-0.25, -0.2) is 4.79 Å². The number of nitrogens with zero attached hydrogens (tertiary/aromatic N) is 1. The number of carbonyl (C=O) groups excluding carboxylic acids is 4. The van der Waals surface area contributed by atoms with E-state index in [1.165, 1.54) is 0 Å². The molecule has 0 aliphatic rings. The lowest BCUT2D eigenvalue weighted by molar-refractivity contribution is -0.142. The van der Waals surface area contributed by atoms with Gasteiger partial charge in [-0.3, -0.25) is 24.2 Å². The average Bonchev–Trinajstić information content (AvgIpc) is 2.78. The number of guanidine groups is 1. The first-order valence-corrected chi connectivity index (χ1v) is 11.7. The van der Waals surface area contributed by atoms with Crippen LogP contribution < -0.4 is 44.6 Å². The van der Waals surface area contributed by atoms with Crippen LogP contribution in [0.25, 0.3) is 0 Å². The molecule has 4 atom stereocenters. The first-order valence-electron chi connectivity index (χ1n) is 11.7. The maximum Gasteiger partial charge on any atom is 0.326 e. The lowest BCUT2D eigenvalue weighted by Crippen LogP contribution is -2.58. The van der Waals surface area contributed by atoms with Gasteiger partial charge >= 0.3 is 5.97 Å². The highest BCUT2D eigenvalue weighted by molar-refractivity contribution is 5.96. The van der Waals surface area contributed by atoms with E-state index in [0.29, 0.717) is 19.4 Å². The van der Waals surface area contributed by atoms with Crippen LogP contribution in [0.4, 0.5) is 0 Å². The van der Waals surface area contributed by atoms with E-state index in [0.717, 1.165) is 0 Å². The summed E-state index contributed by atoms with van der Waals surface area (Å²) in [6, 6.07) is -4.73. The van der Waals surface area contributed by atoms with Crippen LogP contribution >= 0.6 is 0 Å². The molecule has 14 N–H and O–H groups in total. The predicted octanol–water partition coefficient (Wildman–Crippen LogP) is -3.43.